The first-order valence-corrected chi connectivity index (χ1v) is 7.71. The van der Waals surface area contributed by atoms with Crippen molar-refractivity contribution in [2.45, 2.75) is 39.3 Å². The number of aryl methyl sites for hydroxylation is 1. The van der Waals surface area contributed by atoms with Gasteiger partial charge in [0.15, 0.2) is 0 Å². The summed E-state index contributed by atoms with van der Waals surface area (Å²) in [4.78, 5) is 9.56. The summed E-state index contributed by atoms with van der Waals surface area (Å²) in [5.41, 5.74) is 2.51. The van der Waals surface area contributed by atoms with Gasteiger partial charge < -0.3 is 10.2 Å². The van der Waals surface area contributed by atoms with E-state index in [1.807, 2.05) is 13.2 Å². The Morgan fingerprint density at radius 2 is 2.30 bits per heavy atom. The van der Waals surface area contributed by atoms with E-state index < -0.39 is 0 Å². The summed E-state index contributed by atoms with van der Waals surface area (Å²) >= 11 is 0. The van der Waals surface area contributed by atoms with E-state index in [2.05, 4.69) is 47.1 Å². The standard InChI is InChI=1S/C16H28N4/c1-5-20-8-6-7-15(20)12-19(4)16-13(2)9-14(10-17-3)11-18-16/h9,11,15,17H,5-8,10,12H2,1-4H3. The largest absolute Gasteiger partial charge is 0.358 e. The molecule has 0 amide bonds. The van der Waals surface area contributed by atoms with Crippen molar-refractivity contribution in [3.63, 3.8) is 0 Å². The third kappa shape index (κ3) is 3.49. The van der Waals surface area contributed by atoms with Gasteiger partial charge in [0.25, 0.3) is 0 Å². The molecular weight excluding hydrogens is 248 g/mol. The first kappa shape index (κ1) is 15.3. The van der Waals surface area contributed by atoms with Crippen LogP contribution in [-0.2, 0) is 6.54 Å². The molecule has 4 heteroatoms. The molecule has 0 radical (unpaired) electrons. The lowest BCUT2D eigenvalue weighted by Gasteiger charge is -2.29. The van der Waals surface area contributed by atoms with Crippen LogP contribution in [0.3, 0.4) is 0 Å². The van der Waals surface area contributed by atoms with Crippen LogP contribution in [0.2, 0.25) is 0 Å². The fourth-order valence-electron chi connectivity index (χ4n) is 3.25. The van der Waals surface area contributed by atoms with Crippen LogP contribution in [0.5, 0.6) is 0 Å². The van der Waals surface area contributed by atoms with Gasteiger partial charge in [-0.2, -0.15) is 0 Å². The maximum atomic E-state index is 4.66. The molecule has 1 fully saturated rings. The van der Waals surface area contributed by atoms with Crippen molar-refractivity contribution in [2.24, 2.45) is 0 Å². The number of rotatable bonds is 6. The van der Waals surface area contributed by atoms with Crippen LogP contribution < -0.4 is 10.2 Å². The van der Waals surface area contributed by atoms with Gasteiger partial charge >= 0.3 is 0 Å². The monoisotopic (exact) mass is 276 g/mol. The SMILES string of the molecule is CCN1CCCC1CN(C)c1ncc(CNC)cc1C. The van der Waals surface area contributed by atoms with Crippen molar-refractivity contribution in [1.29, 1.82) is 0 Å². The van der Waals surface area contributed by atoms with Gasteiger partial charge in [-0.3, -0.25) is 4.90 Å². The maximum Gasteiger partial charge on any atom is 0.131 e. The van der Waals surface area contributed by atoms with Crippen LogP contribution in [0.1, 0.15) is 30.9 Å². The molecule has 1 aliphatic rings. The lowest BCUT2D eigenvalue weighted by Crippen LogP contribution is -2.39. The van der Waals surface area contributed by atoms with Crippen molar-refractivity contribution < 1.29 is 0 Å². The van der Waals surface area contributed by atoms with E-state index in [9.17, 15) is 0 Å². The molecule has 2 rings (SSSR count). The highest BCUT2D eigenvalue weighted by Crippen LogP contribution is 2.21. The number of hydrogen-bond donors (Lipinski definition) is 1. The molecule has 1 atom stereocenters. The highest BCUT2D eigenvalue weighted by molar-refractivity contribution is 5.46. The third-order valence-corrected chi connectivity index (χ3v) is 4.24. The normalized spacial score (nSPS) is 19.5. The van der Waals surface area contributed by atoms with Crippen LogP contribution >= 0.6 is 0 Å². The van der Waals surface area contributed by atoms with Crippen molar-refractivity contribution in [2.75, 3.05) is 38.6 Å². The third-order valence-electron chi connectivity index (χ3n) is 4.24. The van der Waals surface area contributed by atoms with Crippen molar-refractivity contribution in [1.82, 2.24) is 15.2 Å². The Morgan fingerprint density at radius 1 is 1.50 bits per heavy atom. The molecule has 2 heterocycles. The Morgan fingerprint density at radius 3 is 2.95 bits per heavy atom. The molecule has 0 spiro atoms. The van der Waals surface area contributed by atoms with Crippen molar-refractivity contribution in [3.8, 4) is 0 Å². The summed E-state index contributed by atoms with van der Waals surface area (Å²) in [6.07, 6.45) is 4.64. The zero-order chi connectivity index (χ0) is 14.5. The molecule has 1 aliphatic heterocycles. The molecule has 1 saturated heterocycles. The lowest BCUT2D eigenvalue weighted by molar-refractivity contribution is 0.270. The highest BCUT2D eigenvalue weighted by atomic mass is 15.2. The van der Waals surface area contributed by atoms with E-state index in [-0.39, 0.29) is 0 Å². The summed E-state index contributed by atoms with van der Waals surface area (Å²) in [5, 5.41) is 3.17. The quantitative estimate of drug-likeness (QED) is 0.861. The number of nitrogens with one attached hydrogen (secondary N) is 1. The average molecular weight is 276 g/mol. The molecule has 0 aromatic carbocycles. The zero-order valence-electron chi connectivity index (χ0n) is 13.3. The van der Waals surface area contributed by atoms with Gasteiger partial charge in [-0.05, 0) is 57.1 Å². The molecule has 0 saturated carbocycles. The fraction of sp³-hybridized carbons (Fsp3) is 0.688. The molecule has 1 aromatic heterocycles. The van der Waals surface area contributed by atoms with Gasteiger partial charge in [-0.15, -0.1) is 0 Å². The fourth-order valence-corrected chi connectivity index (χ4v) is 3.25. The molecule has 1 N–H and O–H groups in total. The number of likely N-dealkylation sites (N-methyl/N-ethyl adjacent to an activating group) is 2. The molecule has 20 heavy (non-hydrogen) atoms. The molecular formula is C16H28N4. The smallest absolute Gasteiger partial charge is 0.131 e. The number of pyridine rings is 1. The molecule has 4 nitrogen and oxygen atoms in total. The minimum absolute atomic E-state index is 0.684. The Labute approximate surface area is 123 Å². The number of nitrogens with zero attached hydrogens (tertiary/aromatic N) is 3. The zero-order valence-corrected chi connectivity index (χ0v) is 13.3. The first-order chi connectivity index (χ1) is 9.65. The number of hydrogen-bond acceptors (Lipinski definition) is 4. The maximum absolute atomic E-state index is 4.66. The van der Waals surface area contributed by atoms with Gasteiger partial charge in [0.1, 0.15) is 5.82 Å². The Kier molecular flexibility index (Phi) is 5.38. The second-order valence-corrected chi connectivity index (χ2v) is 5.82. The molecule has 1 aromatic rings. The summed E-state index contributed by atoms with van der Waals surface area (Å²) < 4.78 is 0. The van der Waals surface area contributed by atoms with E-state index in [4.69, 9.17) is 0 Å². The van der Waals surface area contributed by atoms with Gasteiger partial charge in [0.05, 0.1) is 0 Å². The molecule has 0 aliphatic carbocycles. The molecule has 112 valence electrons. The van der Waals surface area contributed by atoms with E-state index in [1.165, 1.54) is 30.5 Å². The minimum Gasteiger partial charge on any atom is -0.358 e. The van der Waals surface area contributed by atoms with E-state index >= 15 is 0 Å². The van der Waals surface area contributed by atoms with Gasteiger partial charge in [0, 0.05) is 32.4 Å². The number of likely N-dealkylation sites (tertiary alicyclic amines) is 1. The van der Waals surface area contributed by atoms with Gasteiger partial charge in [0.2, 0.25) is 0 Å². The second-order valence-electron chi connectivity index (χ2n) is 5.82. The van der Waals surface area contributed by atoms with Crippen LogP contribution in [-0.4, -0.2) is 49.7 Å². The Bertz CT molecular complexity index is 432. The van der Waals surface area contributed by atoms with Crippen LogP contribution in [0.15, 0.2) is 12.3 Å². The van der Waals surface area contributed by atoms with Gasteiger partial charge in [-0.25, -0.2) is 4.98 Å². The van der Waals surface area contributed by atoms with Crippen LogP contribution in [0, 0.1) is 6.92 Å². The van der Waals surface area contributed by atoms with Crippen LogP contribution in [0.4, 0.5) is 5.82 Å². The second kappa shape index (κ2) is 7.04. The average Bonchev–Trinajstić information content (AvgIpc) is 2.86. The van der Waals surface area contributed by atoms with E-state index in [1.54, 1.807) is 0 Å². The van der Waals surface area contributed by atoms with Crippen molar-refractivity contribution in [3.05, 3.63) is 23.4 Å². The number of aromatic nitrogens is 1. The topological polar surface area (TPSA) is 31.4 Å². The lowest BCUT2D eigenvalue weighted by atomic mass is 10.1. The summed E-state index contributed by atoms with van der Waals surface area (Å²) in [5.74, 6) is 1.12. The van der Waals surface area contributed by atoms with Crippen molar-refractivity contribution >= 4 is 5.82 Å². The van der Waals surface area contributed by atoms with E-state index in [0.717, 1.165) is 25.5 Å². The predicted octanol–water partition coefficient (Wildman–Crippen LogP) is 2.03. The first-order valence-electron chi connectivity index (χ1n) is 7.71. The molecule has 1 unspecified atom stereocenters. The predicted molar refractivity (Wildman–Crippen MR) is 85.3 cm³/mol. The minimum atomic E-state index is 0.684. The van der Waals surface area contributed by atoms with E-state index in [0.29, 0.717) is 6.04 Å². The Hall–Kier alpha value is -1.13. The highest BCUT2D eigenvalue weighted by Gasteiger charge is 2.24. The summed E-state index contributed by atoms with van der Waals surface area (Å²) in [6, 6.07) is 2.92. The van der Waals surface area contributed by atoms with Crippen LogP contribution in [0.25, 0.3) is 0 Å². The summed E-state index contributed by atoms with van der Waals surface area (Å²) in [7, 11) is 4.13. The van der Waals surface area contributed by atoms with Gasteiger partial charge in [-0.1, -0.05) is 6.92 Å². The summed E-state index contributed by atoms with van der Waals surface area (Å²) in [6.45, 7) is 8.78. The Balaban J connectivity index is 2.03. The number of anilines is 1. The molecule has 0 bridgehead atoms.